The lowest BCUT2D eigenvalue weighted by Gasteiger charge is -2.32. The van der Waals surface area contributed by atoms with Gasteiger partial charge in [-0.25, -0.2) is 4.79 Å². The second-order valence-electron chi connectivity index (χ2n) is 4.90. The highest BCUT2D eigenvalue weighted by molar-refractivity contribution is 5.85. The van der Waals surface area contributed by atoms with Gasteiger partial charge in [-0.3, -0.25) is 0 Å². The van der Waals surface area contributed by atoms with Crippen LogP contribution in [0.3, 0.4) is 0 Å². The number of fused-ring (bicyclic) bond motifs is 1. The summed E-state index contributed by atoms with van der Waals surface area (Å²) in [6.07, 6.45) is 0. The molecule has 0 aromatic heterocycles. The third kappa shape index (κ3) is 1.88. The standard InChI is InChI=1S/C16H12F2O2/c1-10-7-8-13-12(9-10)14(11-5-3-2-4-6-11)16(17,18)15(19)20-13/h2-9,14H,1H3. The van der Waals surface area contributed by atoms with Crippen molar-refractivity contribution in [1.82, 2.24) is 0 Å². The van der Waals surface area contributed by atoms with Gasteiger partial charge in [-0.1, -0.05) is 48.0 Å². The zero-order valence-corrected chi connectivity index (χ0v) is 10.8. The minimum absolute atomic E-state index is 0.209. The number of carbonyl (C=O) groups excluding carboxylic acids is 1. The van der Waals surface area contributed by atoms with Gasteiger partial charge in [0, 0.05) is 5.56 Å². The van der Waals surface area contributed by atoms with E-state index in [0.29, 0.717) is 11.1 Å². The first kappa shape index (κ1) is 12.8. The van der Waals surface area contributed by atoms with E-state index in [2.05, 4.69) is 0 Å². The summed E-state index contributed by atoms with van der Waals surface area (Å²) >= 11 is 0. The van der Waals surface area contributed by atoms with Gasteiger partial charge in [0.25, 0.3) is 0 Å². The number of carbonyl (C=O) groups is 1. The molecule has 1 aliphatic heterocycles. The Hall–Kier alpha value is -2.23. The average molecular weight is 274 g/mol. The van der Waals surface area contributed by atoms with E-state index < -0.39 is 17.8 Å². The van der Waals surface area contributed by atoms with Crippen molar-refractivity contribution in [2.45, 2.75) is 18.8 Å². The van der Waals surface area contributed by atoms with Crippen molar-refractivity contribution in [3.8, 4) is 5.75 Å². The second-order valence-corrected chi connectivity index (χ2v) is 4.90. The normalized spacial score (nSPS) is 20.1. The highest BCUT2D eigenvalue weighted by atomic mass is 19.3. The quantitative estimate of drug-likeness (QED) is 0.585. The van der Waals surface area contributed by atoms with Gasteiger partial charge >= 0.3 is 11.9 Å². The first-order chi connectivity index (χ1) is 9.50. The van der Waals surface area contributed by atoms with Gasteiger partial charge in [0.2, 0.25) is 0 Å². The molecule has 20 heavy (non-hydrogen) atoms. The van der Waals surface area contributed by atoms with E-state index in [1.807, 2.05) is 6.92 Å². The van der Waals surface area contributed by atoms with E-state index in [9.17, 15) is 13.6 Å². The lowest BCUT2D eigenvalue weighted by molar-refractivity contribution is -0.166. The summed E-state index contributed by atoms with van der Waals surface area (Å²) in [4.78, 5) is 11.6. The zero-order valence-electron chi connectivity index (χ0n) is 10.8. The molecule has 1 heterocycles. The van der Waals surface area contributed by atoms with Crippen molar-refractivity contribution in [2.75, 3.05) is 0 Å². The molecule has 0 radical (unpaired) electrons. The maximum absolute atomic E-state index is 14.3. The number of benzene rings is 2. The Bertz CT molecular complexity index is 665. The number of halogens is 2. The smallest absolute Gasteiger partial charge is 0.383 e. The fraction of sp³-hybridized carbons (Fsp3) is 0.188. The van der Waals surface area contributed by atoms with Crippen LogP contribution in [0.5, 0.6) is 5.75 Å². The summed E-state index contributed by atoms with van der Waals surface area (Å²) < 4.78 is 33.3. The van der Waals surface area contributed by atoms with Crippen LogP contribution in [-0.2, 0) is 4.79 Å². The summed E-state index contributed by atoms with van der Waals surface area (Å²) in [5.74, 6) is -6.16. The first-order valence-electron chi connectivity index (χ1n) is 6.26. The topological polar surface area (TPSA) is 26.3 Å². The molecule has 2 nitrogen and oxygen atoms in total. The highest BCUT2D eigenvalue weighted by Crippen LogP contribution is 2.47. The van der Waals surface area contributed by atoms with Crippen molar-refractivity contribution >= 4 is 5.97 Å². The van der Waals surface area contributed by atoms with Crippen molar-refractivity contribution in [2.24, 2.45) is 0 Å². The molecule has 4 heteroatoms. The molecule has 0 amide bonds. The summed E-state index contributed by atoms with van der Waals surface area (Å²) in [7, 11) is 0. The summed E-state index contributed by atoms with van der Waals surface area (Å²) in [5, 5.41) is 0. The molecule has 0 bridgehead atoms. The monoisotopic (exact) mass is 274 g/mol. The Morgan fingerprint density at radius 1 is 1.10 bits per heavy atom. The average Bonchev–Trinajstić information content (AvgIpc) is 2.41. The lowest BCUT2D eigenvalue weighted by Crippen LogP contribution is -2.43. The van der Waals surface area contributed by atoms with E-state index in [0.717, 1.165) is 5.56 Å². The number of rotatable bonds is 1. The Labute approximate surface area is 115 Å². The number of alkyl halides is 2. The SMILES string of the molecule is Cc1ccc2c(c1)C(c1ccccc1)C(F)(F)C(=O)O2. The molecule has 1 aliphatic rings. The molecule has 102 valence electrons. The molecule has 2 aromatic carbocycles. The maximum atomic E-state index is 14.3. The van der Waals surface area contributed by atoms with Crippen LogP contribution in [0.2, 0.25) is 0 Å². The van der Waals surface area contributed by atoms with Crippen LogP contribution >= 0.6 is 0 Å². The molecule has 3 rings (SSSR count). The fourth-order valence-electron chi connectivity index (χ4n) is 2.50. The summed E-state index contributed by atoms with van der Waals surface area (Å²) in [6, 6.07) is 13.3. The molecule has 0 N–H and O–H groups in total. The summed E-state index contributed by atoms with van der Waals surface area (Å²) in [6.45, 7) is 1.82. The molecule has 2 aromatic rings. The minimum atomic E-state index is -3.57. The molecule has 0 saturated heterocycles. The maximum Gasteiger partial charge on any atom is 0.383 e. The number of ether oxygens (including phenoxy) is 1. The number of hydrogen-bond donors (Lipinski definition) is 0. The molecular formula is C16H12F2O2. The van der Waals surface area contributed by atoms with Crippen LogP contribution < -0.4 is 4.74 Å². The number of esters is 1. The molecule has 0 fully saturated rings. The van der Waals surface area contributed by atoms with E-state index in [4.69, 9.17) is 4.74 Å². The largest absolute Gasteiger partial charge is 0.422 e. The van der Waals surface area contributed by atoms with E-state index in [1.165, 1.54) is 0 Å². The van der Waals surface area contributed by atoms with Crippen molar-refractivity contribution < 1.29 is 18.3 Å². The van der Waals surface area contributed by atoms with Gasteiger partial charge in [-0.15, -0.1) is 0 Å². The highest BCUT2D eigenvalue weighted by Gasteiger charge is 2.54. The molecule has 0 aliphatic carbocycles. The molecular weight excluding hydrogens is 262 g/mol. The minimum Gasteiger partial charge on any atom is -0.422 e. The van der Waals surface area contributed by atoms with Crippen LogP contribution in [-0.4, -0.2) is 11.9 Å². The Morgan fingerprint density at radius 2 is 1.80 bits per heavy atom. The van der Waals surface area contributed by atoms with Gasteiger partial charge < -0.3 is 4.74 Å². The van der Waals surface area contributed by atoms with E-state index in [-0.39, 0.29) is 5.75 Å². The van der Waals surface area contributed by atoms with Gasteiger partial charge in [0.15, 0.2) is 0 Å². The molecule has 1 atom stereocenters. The predicted molar refractivity (Wildman–Crippen MR) is 70.0 cm³/mol. The first-order valence-corrected chi connectivity index (χ1v) is 6.26. The Balaban J connectivity index is 2.24. The van der Waals surface area contributed by atoms with Crippen LogP contribution in [0.4, 0.5) is 8.78 Å². The van der Waals surface area contributed by atoms with Crippen LogP contribution in [0.1, 0.15) is 22.6 Å². The number of aryl methyl sites for hydroxylation is 1. The molecule has 0 spiro atoms. The van der Waals surface area contributed by atoms with Crippen LogP contribution in [0.25, 0.3) is 0 Å². The van der Waals surface area contributed by atoms with Gasteiger partial charge in [0.05, 0.1) is 5.92 Å². The van der Waals surface area contributed by atoms with Gasteiger partial charge in [-0.05, 0) is 18.6 Å². The molecule has 1 unspecified atom stereocenters. The van der Waals surface area contributed by atoms with Crippen molar-refractivity contribution in [1.29, 1.82) is 0 Å². The van der Waals surface area contributed by atoms with E-state index in [1.54, 1.807) is 48.5 Å². The van der Waals surface area contributed by atoms with Crippen molar-refractivity contribution in [3.05, 3.63) is 65.2 Å². The second kappa shape index (κ2) is 4.40. The van der Waals surface area contributed by atoms with Gasteiger partial charge in [0.1, 0.15) is 5.75 Å². The lowest BCUT2D eigenvalue weighted by atomic mass is 9.83. The van der Waals surface area contributed by atoms with Crippen molar-refractivity contribution in [3.63, 3.8) is 0 Å². The van der Waals surface area contributed by atoms with E-state index >= 15 is 0 Å². The molecule has 0 saturated carbocycles. The predicted octanol–water partition coefficient (Wildman–Crippen LogP) is 3.68. The summed E-state index contributed by atoms with van der Waals surface area (Å²) in [5.41, 5.74) is 1.60. The third-order valence-electron chi connectivity index (χ3n) is 3.45. The zero-order chi connectivity index (χ0) is 14.3. The van der Waals surface area contributed by atoms with Crippen LogP contribution in [0, 0.1) is 6.92 Å². The Morgan fingerprint density at radius 3 is 2.50 bits per heavy atom. The Kier molecular flexibility index (Phi) is 2.82. The van der Waals surface area contributed by atoms with Crippen LogP contribution in [0.15, 0.2) is 48.5 Å². The third-order valence-corrected chi connectivity index (χ3v) is 3.45. The van der Waals surface area contributed by atoms with Gasteiger partial charge in [-0.2, -0.15) is 8.78 Å². The fourth-order valence-corrected chi connectivity index (χ4v) is 2.50. The number of hydrogen-bond acceptors (Lipinski definition) is 2.